The van der Waals surface area contributed by atoms with Gasteiger partial charge < -0.3 is 9.47 Å². The molecule has 100 valence electrons. The van der Waals surface area contributed by atoms with Crippen molar-refractivity contribution in [1.82, 2.24) is 0 Å². The molecule has 0 bridgehead atoms. The molecule has 0 atom stereocenters. The van der Waals surface area contributed by atoms with Gasteiger partial charge in [0.1, 0.15) is 4.84 Å². The van der Waals surface area contributed by atoms with E-state index in [0.29, 0.717) is 0 Å². The minimum Gasteiger partial charge on any atom is -0.423 e. The van der Waals surface area contributed by atoms with Crippen molar-refractivity contribution in [2.24, 2.45) is 0 Å². The van der Waals surface area contributed by atoms with Gasteiger partial charge in [0.2, 0.25) is 0 Å². The van der Waals surface area contributed by atoms with Gasteiger partial charge in [-0.15, -0.1) is 36.4 Å². The second-order valence-electron chi connectivity index (χ2n) is 3.15. The molecule has 0 aromatic heterocycles. The first-order valence-corrected chi connectivity index (χ1v) is 5.42. The maximum absolute atomic E-state index is 12.2. The zero-order valence-electron chi connectivity index (χ0n) is 8.92. The normalized spacial score (nSPS) is 11.5. The zero-order chi connectivity index (χ0) is 13.9. The van der Waals surface area contributed by atoms with Crippen LogP contribution in [0.3, 0.4) is 0 Å². The molecular weight excluding hydrogens is 296 g/mol. The van der Waals surface area contributed by atoms with E-state index < -0.39 is 22.9 Å². The number of carbonyl (C=O) groups is 1. The van der Waals surface area contributed by atoms with Crippen molar-refractivity contribution in [3.05, 3.63) is 23.8 Å². The average Bonchev–Trinajstić information content (AvgIpc) is 2.17. The molecule has 0 N–H and O–H groups in total. The number of benzene rings is 1. The molecule has 0 radical (unpaired) electrons. The molecular formula is C10H7Cl2F3O3. The van der Waals surface area contributed by atoms with Gasteiger partial charge in [-0.1, -0.05) is 6.07 Å². The van der Waals surface area contributed by atoms with Crippen LogP contribution in [0, 0.1) is 0 Å². The fourth-order valence-corrected chi connectivity index (χ4v) is 1.38. The summed E-state index contributed by atoms with van der Waals surface area (Å²) < 4.78 is 44.8. The Kier molecular flexibility index (Phi) is 4.70. The predicted octanol–water partition coefficient (Wildman–Crippen LogP) is 3.99. The molecule has 0 fully saturated rings. The number of carbonyl (C=O) groups excluding carboxylic acids is 1. The summed E-state index contributed by atoms with van der Waals surface area (Å²) in [6.45, 7) is 1.05. The van der Waals surface area contributed by atoms with Crippen LogP contribution in [0.5, 0.6) is 11.5 Å². The largest absolute Gasteiger partial charge is 0.573 e. The number of alkyl halides is 5. The second kappa shape index (κ2) is 5.67. The second-order valence-corrected chi connectivity index (χ2v) is 4.24. The number of halogens is 5. The summed E-state index contributed by atoms with van der Waals surface area (Å²) in [5, 5.41) is 0. The van der Waals surface area contributed by atoms with E-state index in [2.05, 4.69) is 9.47 Å². The van der Waals surface area contributed by atoms with Crippen LogP contribution in [0.2, 0.25) is 0 Å². The van der Waals surface area contributed by atoms with E-state index in [1.54, 1.807) is 0 Å². The maximum Gasteiger partial charge on any atom is 0.573 e. The van der Waals surface area contributed by atoms with Gasteiger partial charge in [-0.2, -0.15) is 0 Å². The van der Waals surface area contributed by atoms with Crippen LogP contribution in [-0.4, -0.2) is 12.3 Å². The van der Waals surface area contributed by atoms with Crippen molar-refractivity contribution >= 4 is 29.2 Å². The van der Waals surface area contributed by atoms with Crippen LogP contribution >= 0.6 is 23.2 Å². The lowest BCUT2D eigenvalue weighted by molar-refractivity contribution is -0.275. The average molecular weight is 303 g/mol. The smallest absolute Gasteiger partial charge is 0.423 e. The number of ether oxygens (including phenoxy) is 2. The first kappa shape index (κ1) is 14.9. The molecule has 1 rings (SSSR count). The lowest BCUT2D eigenvalue weighted by Gasteiger charge is -2.14. The molecule has 0 amide bonds. The van der Waals surface area contributed by atoms with Crippen molar-refractivity contribution in [3.8, 4) is 11.5 Å². The quantitative estimate of drug-likeness (QED) is 0.481. The van der Waals surface area contributed by atoms with Crippen LogP contribution in [-0.2, 0) is 4.79 Å². The van der Waals surface area contributed by atoms with Crippen LogP contribution < -0.4 is 9.47 Å². The molecule has 0 aliphatic heterocycles. The van der Waals surface area contributed by atoms with Crippen molar-refractivity contribution in [3.63, 3.8) is 0 Å². The Morgan fingerprint density at radius 1 is 1.28 bits per heavy atom. The Bertz CT molecular complexity index is 446. The van der Waals surface area contributed by atoms with E-state index in [9.17, 15) is 18.0 Å². The first-order valence-electron chi connectivity index (χ1n) is 4.55. The van der Waals surface area contributed by atoms with E-state index in [-0.39, 0.29) is 11.3 Å². The van der Waals surface area contributed by atoms with E-state index in [0.717, 1.165) is 19.1 Å². The van der Waals surface area contributed by atoms with Gasteiger partial charge >= 0.3 is 12.3 Å². The predicted molar refractivity (Wildman–Crippen MR) is 58.9 cm³/mol. The highest BCUT2D eigenvalue weighted by Crippen LogP contribution is 2.36. The molecule has 1 aromatic carbocycles. The Balaban J connectivity index is 3.13. The van der Waals surface area contributed by atoms with Gasteiger partial charge in [-0.25, -0.2) is 0 Å². The molecule has 0 aliphatic carbocycles. The first-order chi connectivity index (χ1) is 8.19. The Labute approximate surface area is 110 Å². The molecule has 0 unspecified atom stereocenters. The zero-order valence-corrected chi connectivity index (χ0v) is 10.4. The van der Waals surface area contributed by atoms with E-state index >= 15 is 0 Å². The van der Waals surface area contributed by atoms with Crippen LogP contribution in [0.1, 0.15) is 17.3 Å². The fourth-order valence-electron chi connectivity index (χ4n) is 1.10. The van der Waals surface area contributed by atoms with Crippen molar-refractivity contribution in [2.45, 2.75) is 18.1 Å². The van der Waals surface area contributed by atoms with Gasteiger partial charge in [0, 0.05) is 6.92 Å². The lowest BCUT2D eigenvalue weighted by Crippen LogP contribution is -2.18. The third-order valence-electron chi connectivity index (χ3n) is 1.70. The van der Waals surface area contributed by atoms with Crippen molar-refractivity contribution < 1.29 is 27.4 Å². The summed E-state index contributed by atoms with van der Waals surface area (Å²) in [5.74, 6) is -1.82. The third-order valence-corrected chi connectivity index (χ3v) is 2.20. The Morgan fingerprint density at radius 2 is 1.89 bits per heavy atom. The topological polar surface area (TPSA) is 35.5 Å². The Hall–Kier alpha value is -1.14. The summed E-state index contributed by atoms with van der Waals surface area (Å²) in [4.78, 5) is 9.72. The minimum absolute atomic E-state index is 0.188. The number of esters is 1. The molecule has 1 aromatic rings. The molecule has 0 saturated carbocycles. The van der Waals surface area contributed by atoms with Gasteiger partial charge in [-0.3, -0.25) is 4.79 Å². The summed E-state index contributed by atoms with van der Waals surface area (Å²) in [6, 6.07) is 3.40. The van der Waals surface area contributed by atoms with Gasteiger partial charge in [0.15, 0.2) is 11.5 Å². The molecule has 8 heteroatoms. The molecule has 0 heterocycles. The van der Waals surface area contributed by atoms with E-state index in [1.807, 2.05) is 0 Å². The van der Waals surface area contributed by atoms with E-state index in [4.69, 9.17) is 23.2 Å². The third kappa shape index (κ3) is 4.62. The minimum atomic E-state index is -4.92. The number of rotatable bonds is 3. The van der Waals surface area contributed by atoms with Gasteiger partial charge in [0.05, 0.1) is 0 Å². The molecule has 18 heavy (non-hydrogen) atoms. The maximum atomic E-state index is 12.2. The summed E-state index contributed by atoms with van der Waals surface area (Å²) in [6.07, 6.45) is -4.92. The highest BCUT2D eigenvalue weighted by atomic mass is 35.5. The van der Waals surface area contributed by atoms with Crippen molar-refractivity contribution in [1.29, 1.82) is 0 Å². The summed E-state index contributed by atoms with van der Waals surface area (Å²) in [7, 11) is 0. The van der Waals surface area contributed by atoms with E-state index in [1.165, 1.54) is 6.07 Å². The SMILES string of the molecule is CC(=O)Oc1ccc(C(Cl)Cl)cc1OC(F)(F)F. The van der Waals surface area contributed by atoms with Crippen LogP contribution in [0.4, 0.5) is 13.2 Å². The highest BCUT2D eigenvalue weighted by Gasteiger charge is 2.33. The monoisotopic (exact) mass is 302 g/mol. The molecule has 0 spiro atoms. The number of hydrogen-bond donors (Lipinski definition) is 0. The lowest BCUT2D eigenvalue weighted by atomic mass is 10.2. The summed E-state index contributed by atoms with van der Waals surface area (Å²) in [5.41, 5.74) is 0.188. The summed E-state index contributed by atoms with van der Waals surface area (Å²) >= 11 is 11.1. The standard InChI is InChI=1S/C10H7Cl2F3O3/c1-5(16)17-7-3-2-6(9(11)12)4-8(7)18-10(13,14)15/h2-4,9H,1H3. The molecule has 0 saturated heterocycles. The highest BCUT2D eigenvalue weighted by molar-refractivity contribution is 6.44. The molecule has 0 aliphatic rings. The number of hydrogen-bond acceptors (Lipinski definition) is 3. The van der Waals surface area contributed by atoms with Crippen LogP contribution in [0.15, 0.2) is 18.2 Å². The van der Waals surface area contributed by atoms with Gasteiger partial charge in [-0.05, 0) is 17.7 Å². The fraction of sp³-hybridized carbons (Fsp3) is 0.300. The van der Waals surface area contributed by atoms with Gasteiger partial charge in [0.25, 0.3) is 0 Å². The molecule has 3 nitrogen and oxygen atoms in total. The Morgan fingerprint density at radius 3 is 2.33 bits per heavy atom. The van der Waals surface area contributed by atoms with Crippen molar-refractivity contribution in [2.75, 3.05) is 0 Å². The van der Waals surface area contributed by atoms with Crippen LogP contribution in [0.25, 0.3) is 0 Å².